The number of nitrogens with one attached hydrogen (secondary N) is 1. The lowest BCUT2D eigenvalue weighted by Gasteiger charge is -2.25. The quantitative estimate of drug-likeness (QED) is 0.278. The third kappa shape index (κ3) is 5.48. The number of benzene rings is 1. The second-order valence-electron chi connectivity index (χ2n) is 9.29. The topological polar surface area (TPSA) is 111 Å². The van der Waals surface area contributed by atoms with E-state index in [0.717, 1.165) is 23.3 Å². The minimum atomic E-state index is -0.235. The smallest absolute Gasteiger partial charge is 0.263 e. The van der Waals surface area contributed by atoms with Crippen molar-refractivity contribution in [3.05, 3.63) is 50.6 Å². The van der Waals surface area contributed by atoms with Crippen LogP contribution in [0.4, 0.5) is 5.69 Å². The van der Waals surface area contributed by atoms with Crippen LogP contribution in [0.5, 0.6) is 0 Å². The molecule has 0 radical (unpaired) electrons. The molecular weight excluding hydrogens is 512 g/mol. The zero-order valence-electron chi connectivity index (χ0n) is 20.7. The molecule has 194 valence electrons. The molecule has 2 amide bonds. The van der Waals surface area contributed by atoms with Crippen molar-refractivity contribution < 1.29 is 19.1 Å². The molecule has 2 aromatic heterocycles. The number of ether oxygens (including phenoxy) is 1. The minimum absolute atomic E-state index is 0.0186. The number of fused-ring (bicyclic) bond motifs is 3. The predicted octanol–water partition coefficient (Wildman–Crippen LogP) is 3.48. The molecule has 0 spiro atoms. The van der Waals surface area contributed by atoms with Crippen LogP contribution in [0.3, 0.4) is 0 Å². The highest BCUT2D eigenvalue weighted by molar-refractivity contribution is 7.99. The summed E-state index contributed by atoms with van der Waals surface area (Å²) in [4.78, 5) is 58.1. The molecule has 9 nitrogen and oxygen atoms in total. The molecule has 1 N–H and O–H groups in total. The van der Waals surface area contributed by atoms with Gasteiger partial charge in [-0.15, -0.1) is 11.3 Å². The molecule has 1 fully saturated rings. The van der Waals surface area contributed by atoms with E-state index >= 15 is 0 Å². The molecule has 37 heavy (non-hydrogen) atoms. The third-order valence-electron chi connectivity index (χ3n) is 6.69. The van der Waals surface area contributed by atoms with Gasteiger partial charge in [-0.25, -0.2) is 4.98 Å². The summed E-state index contributed by atoms with van der Waals surface area (Å²) in [6.45, 7) is 5.20. The first kappa shape index (κ1) is 25.6. The molecule has 1 aromatic carbocycles. The molecule has 1 atom stereocenters. The summed E-state index contributed by atoms with van der Waals surface area (Å²) in [6, 6.07) is 6.73. The first-order chi connectivity index (χ1) is 17.8. The molecule has 4 heterocycles. The number of thiophene rings is 1. The van der Waals surface area contributed by atoms with Gasteiger partial charge in [0.1, 0.15) is 4.83 Å². The summed E-state index contributed by atoms with van der Waals surface area (Å²) >= 11 is 2.67. The maximum Gasteiger partial charge on any atom is 0.263 e. The summed E-state index contributed by atoms with van der Waals surface area (Å²) in [5.41, 5.74) is 2.04. The number of rotatable bonds is 7. The molecule has 3 aromatic rings. The SMILES string of the molecule is CC(=O)c1ccc(NC(=O)CSc2nc3sc4c(c3c(=O)n2CC2CCCO2)CCN(C(C)=O)C4)cc1. The average Bonchev–Trinajstić information content (AvgIpc) is 3.52. The van der Waals surface area contributed by atoms with Gasteiger partial charge in [-0.3, -0.25) is 23.7 Å². The Bertz CT molecular complexity index is 1420. The van der Waals surface area contributed by atoms with E-state index < -0.39 is 0 Å². The number of hydrogen-bond donors (Lipinski definition) is 1. The fourth-order valence-corrected chi connectivity index (χ4v) is 6.79. The van der Waals surface area contributed by atoms with Crippen molar-refractivity contribution in [2.75, 3.05) is 24.2 Å². The van der Waals surface area contributed by atoms with Crippen LogP contribution in [0.2, 0.25) is 0 Å². The van der Waals surface area contributed by atoms with Gasteiger partial charge in [0.05, 0.1) is 30.3 Å². The number of anilines is 1. The normalized spacial score (nSPS) is 17.1. The number of aromatic nitrogens is 2. The van der Waals surface area contributed by atoms with E-state index in [4.69, 9.17) is 9.72 Å². The Balaban J connectivity index is 1.41. The number of Topliss-reactive ketones (excluding diaryl/α,β-unsaturated/α-hetero) is 1. The van der Waals surface area contributed by atoms with Gasteiger partial charge in [0.2, 0.25) is 11.8 Å². The fraction of sp³-hybridized carbons (Fsp3) is 0.423. The Kier molecular flexibility index (Phi) is 7.45. The monoisotopic (exact) mass is 540 g/mol. The number of thioether (sulfide) groups is 1. The molecule has 11 heteroatoms. The Labute approximate surface area is 222 Å². The Morgan fingerprint density at radius 2 is 2.00 bits per heavy atom. The largest absolute Gasteiger partial charge is 0.376 e. The number of hydrogen-bond acceptors (Lipinski definition) is 8. The zero-order chi connectivity index (χ0) is 26.1. The van der Waals surface area contributed by atoms with E-state index in [9.17, 15) is 19.2 Å². The van der Waals surface area contributed by atoms with Gasteiger partial charge >= 0.3 is 0 Å². The number of carbonyl (C=O) groups is 3. The van der Waals surface area contributed by atoms with Crippen LogP contribution >= 0.6 is 23.1 Å². The van der Waals surface area contributed by atoms with Crippen molar-refractivity contribution >= 4 is 56.6 Å². The van der Waals surface area contributed by atoms with Gasteiger partial charge in [0.25, 0.3) is 5.56 Å². The van der Waals surface area contributed by atoms with Crippen LogP contribution in [0.25, 0.3) is 10.2 Å². The molecular formula is C26H28N4O5S2. The lowest BCUT2D eigenvalue weighted by molar-refractivity contribution is -0.129. The van der Waals surface area contributed by atoms with E-state index in [1.165, 1.54) is 30.0 Å². The molecule has 2 aliphatic heterocycles. The van der Waals surface area contributed by atoms with Crippen LogP contribution in [0, 0.1) is 0 Å². The summed E-state index contributed by atoms with van der Waals surface area (Å²) < 4.78 is 7.46. The van der Waals surface area contributed by atoms with Crippen molar-refractivity contribution in [1.29, 1.82) is 0 Å². The molecule has 0 saturated carbocycles. The zero-order valence-corrected chi connectivity index (χ0v) is 22.4. The fourth-order valence-electron chi connectivity index (χ4n) is 4.70. The average molecular weight is 541 g/mol. The van der Waals surface area contributed by atoms with Crippen LogP contribution in [0.1, 0.15) is 47.5 Å². The first-order valence-electron chi connectivity index (χ1n) is 12.3. The lowest BCUT2D eigenvalue weighted by Crippen LogP contribution is -2.34. The Morgan fingerprint density at radius 1 is 1.22 bits per heavy atom. The van der Waals surface area contributed by atoms with Gasteiger partial charge in [0.15, 0.2) is 10.9 Å². The summed E-state index contributed by atoms with van der Waals surface area (Å²) in [5, 5.41) is 3.94. The van der Waals surface area contributed by atoms with Crippen molar-refractivity contribution in [2.24, 2.45) is 0 Å². The highest BCUT2D eigenvalue weighted by Crippen LogP contribution is 2.34. The van der Waals surface area contributed by atoms with Crippen molar-refractivity contribution in [1.82, 2.24) is 14.5 Å². The van der Waals surface area contributed by atoms with Crippen molar-refractivity contribution in [3.8, 4) is 0 Å². The number of nitrogens with zero attached hydrogens (tertiary/aromatic N) is 3. The van der Waals surface area contributed by atoms with Crippen LogP contribution in [0.15, 0.2) is 34.2 Å². The number of carbonyl (C=O) groups excluding carboxylic acids is 3. The van der Waals surface area contributed by atoms with Gasteiger partial charge < -0.3 is 15.0 Å². The van der Waals surface area contributed by atoms with Crippen molar-refractivity contribution in [2.45, 2.75) is 57.5 Å². The van der Waals surface area contributed by atoms with Gasteiger partial charge in [-0.1, -0.05) is 11.8 Å². The summed E-state index contributed by atoms with van der Waals surface area (Å²) in [6.07, 6.45) is 2.40. The maximum absolute atomic E-state index is 13.8. The number of ketones is 1. The van der Waals surface area contributed by atoms with Gasteiger partial charge in [0, 0.05) is 36.2 Å². The highest BCUT2D eigenvalue weighted by Gasteiger charge is 2.27. The molecule has 1 unspecified atom stereocenters. The molecule has 2 aliphatic rings. The van der Waals surface area contributed by atoms with Gasteiger partial charge in [-0.2, -0.15) is 0 Å². The highest BCUT2D eigenvalue weighted by atomic mass is 32.2. The standard InChI is InChI=1S/C26H28N4O5S2/c1-15(31)17-5-7-18(8-6-17)27-22(33)14-36-26-28-24-23(25(34)30(26)12-19-4-3-11-35-19)20-9-10-29(16(2)32)13-21(20)37-24/h5-8,19H,3-4,9-14H2,1-2H3,(H,27,33). The van der Waals surface area contributed by atoms with E-state index in [0.29, 0.717) is 59.3 Å². The van der Waals surface area contributed by atoms with E-state index in [-0.39, 0.29) is 35.0 Å². The first-order valence-corrected chi connectivity index (χ1v) is 14.1. The third-order valence-corrected chi connectivity index (χ3v) is 8.78. The number of amides is 2. The maximum atomic E-state index is 13.8. The van der Waals surface area contributed by atoms with Crippen LogP contribution < -0.4 is 10.9 Å². The van der Waals surface area contributed by atoms with Gasteiger partial charge in [-0.05, 0) is 56.0 Å². The lowest BCUT2D eigenvalue weighted by atomic mass is 10.1. The second-order valence-corrected chi connectivity index (χ2v) is 11.3. The molecule has 5 rings (SSSR count). The molecule has 0 bridgehead atoms. The van der Waals surface area contributed by atoms with Crippen molar-refractivity contribution in [3.63, 3.8) is 0 Å². The minimum Gasteiger partial charge on any atom is -0.376 e. The summed E-state index contributed by atoms with van der Waals surface area (Å²) in [5.74, 6) is -0.184. The van der Waals surface area contributed by atoms with E-state index in [1.54, 1.807) is 40.7 Å². The second kappa shape index (κ2) is 10.8. The van der Waals surface area contributed by atoms with E-state index in [1.807, 2.05) is 0 Å². The van der Waals surface area contributed by atoms with Crippen LogP contribution in [-0.2, 0) is 33.8 Å². The molecule has 1 saturated heterocycles. The predicted molar refractivity (Wildman–Crippen MR) is 143 cm³/mol. The summed E-state index contributed by atoms with van der Waals surface area (Å²) in [7, 11) is 0. The molecule has 0 aliphatic carbocycles. The Morgan fingerprint density at radius 3 is 2.68 bits per heavy atom. The Hall–Kier alpha value is -3.02. The van der Waals surface area contributed by atoms with Crippen LogP contribution in [-0.4, -0.2) is 57.1 Å². The van der Waals surface area contributed by atoms with E-state index in [2.05, 4.69) is 5.32 Å².